The monoisotopic (exact) mass is 902 g/mol. The van der Waals surface area contributed by atoms with Crippen LogP contribution in [-0.4, -0.2) is 130 Å². The molecule has 4 rings (SSSR count). The summed E-state index contributed by atoms with van der Waals surface area (Å²) in [4.78, 5) is 38.2. The van der Waals surface area contributed by atoms with E-state index in [0.717, 1.165) is 45.2 Å². The topological polar surface area (TPSA) is 162 Å². The number of unbranched alkanes of at least 4 members (excludes halogenated alkanes) is 15. The Kier molecular flexibility index (Phi) is 24.2. The second-order valence-corrected chi connectivity index (χ2v) is 19.2. The molecule has 3 unspecified atom stereocenters. The first-order valence-corrected chi connectivity index (χ1v) is 25.1. The molecule has 356 valence electrons. The van der Waals surface area contributed by atoms with Crippen LogP contribution >= 0.6 is 8.53 Å². The lowest BCUT2D eigenvalue weighted by Gasteiger charge is -2.38. The number of methoxy groups -OCH3 is 1. The summed E-state index contributed by atoms with van der Waals surface area (Å²) in [5.74, 6) is 0.367. The molecule has 0 aliphatic carbocycles. The summed E-state index contributed by atoms with van der Waals surface area (Å²) in [6.07, 6.45) is 24.4. The number of nitriles is 1. The van der Waals surface area contributed by atoms with Crippen molar-refractivity contribution in [3.8, 4) is 6.07 Å². The molecule has 4 heterocycles. The van der Waals surface area contributed by atoms with Crippen molar-refractivity contribution in [2.45, 2.75) is 193 Å². The van der Waals surface area contributed by atoms with E-state index >= 15 is 0 Å². The maximum absolute atomic E-state index is 11.3. The minimum atomic E-state index is -1.60. The number of imidazole rings is 1. The van der Waals surface area contributed by atoms with Gasteiger partial charge < -0.3 is 28.2 Å². The fourth-order valence-corrected chi connectivity index (χ4v) is 10.1. The molecule has 2 aliphatic rings. The van der Waals surface area contributed by atoms with Crippen molar-refractivity contribution in [1.82, 2.24) is 34.2 Å². The number of hydroxylamine groups is 2. The van der Waals surface area contributed by atoms with Gasteiger partial charge in [-0.05, 0) is 47.0 Å². The summed E-state index contributed by atoms with van der Waals surface area (Å²) >= 11 is 0. The van der Waals surface area contributed by atoms with Crippen molar-refractivity contribution < 1.29 is 32.9 Å². The maximum Gasteiger partial charge on any atom is 0.305 e. The average molecular weight is 902 g/mol. The normalized spacial score (nSPS) is 20.3. The van der Waals surface area contributed by atoms with E-state index in [2.05, 4.69) is 65.4 Å². The summed E-state index contributed by atoms with van der Waals surface area (Å²) in [7, 11) is 3.67. The minimum absolute atomic E-state index is 0.0986. The number of esters is 1. The first-order valence-electron chi connectivity index (χ1n) is 23.9. The molecule has 0 spiro atoms. The number of ether oxygens (including phenoxy) is 3. The lowest BCUT2D eigenvalue weighted by Crippen LogP contribution is -2.48. The van der Waals surface area contributed by atoms with Crippen LogP contribution in [0, 0.1) is 11.3 Å². The van der Waals surface area contributed by atoms with Crippen LogP contribution in [0.2, 0.25) is 0 Å². The first kappa shape index (κ1) is 52.8. The number of hydrogen-bond donors (Lipinski definition) is 0. The van der Waals surface area contributed by atoms with E-state index in [1.54, 1.807) is 12.7 Å². The molecule has 63 heavy (non-hydrogen) atoms. The van der Waals surface area contributed by atoms with E-state index in [0.29, 0.717) is 30.0 Å². The van der Waals surface area contributed by atoms with E-state index in [1.165, 1.54) is 90.5 Å². The quantitative estimate of drug-likeness (QED) is 0.0160. The zero-order chi connectivity index (χ0) is 45.5. The predicted molar refractivity (Wildman–Crippen MR) is 248 cm³/mol. The second-order valence-electron chi connectivity index (χ2n) is 17.8. The molecule has 2 fully saturated rings. The lowest BCUT2D eigenvalue weighted by atomic mass is 10.0. The zero-order valence-corrected chi connectivity index (χ0v) is 40.8. The number of carbonyl (C=O) groups excluding carboxylic acids is 1. The SMILES string of the molecule is CCCCCCN(CCCCCCCCCCCCCCCC(=O)OC)OC[C@]12COC(C1OP(OCCC#N)N(C(C)C)C(C)C)[C@H](n1cnc3c(/N=C\N(C)C)ncnc31)O2. The van der Waals surface area contributed by atoms with Crippen LogP contribution in [0.4, 0.5) is 5.82 Å². The zero-order valence-electron chi connectivity index (χ0n) is 39.9. The van der Waals surface area contributed by atoms with Crippen LogP contribution in [0.15, 0.2) is 17.6 Å². The highest BCUT2D eigenvalue weighted by atomic mass is 31.2. The van der Waals surface area contributed by atoms with Gasteiger partial charge in [0.2, 0.25) is 0 Å². The van der Waals surface area contributed by atoms with Gasteiger partial charge in [0.05, 0.1) is 45.5 Å². The van der Waals surface area contributed by atoms with Gasteiger partial charge in [0.15, 0.2) is 23.2 Å². The number of aromatic nitrogens is 4. The number of carbonyl (C=O) groups is 1. The fraction of sp³-hybridized carbons (Fsp3) is 0.826. The molecule has 2 aromatic rings. The first-order chi connectivity index (χ1) is 30.5. The number of fused-ring (bicyclic) bond motifs is 3. The van der Waals surface area contributed by atoms with E-state index in [-0.39, 0.29) is 37.7 Å². The predicted octanol–water partition coefficient (Wildman–Crippen LogP) is 9.82. The smallest absolute Gasteiger partial charge is 0.305 e. The van der Waals surface area contributed by atoms with Gasteiger partial charge in [0.1, 0.15) is 30.7 Å². The summed E-state index contributed by atoms with van der Waals surface area (Å²) in [5.41, 5.74) is 0.201. The molecular formula is C46H80N9O7P. The maximum atomic E-state index is 11.3. The molecule has 0 N–H and O–H groups in total. The molecule has 0 amide bonds. The molecule has 2 saturated heterocycles. The average Bonchev–Trinajstić information content (AvgIpc) is 3.94. The van der Waals surface area contributed by atoms with Gasteiger partial charge in [-0.15, -0.1) is 0 Å². The summed E-state index contributed by atoms with van der Waals surface area (Å²) in [5, 5.41) is 11.5. The van der Waals surface area contributed by atoms with E-state index < -0.39 is 32.6 Å². The fourth-order valence-electron chi connectivity index (χ4n) is 8.32. The van der Waals surface area contributed by atoms with E-state index in [1.807, 2.05) is 23.6 Å². The van der Waals surface area contributed by atoms with Crippen LogP contribution in [0.5, 0.6) is 0 Å². The summed E-state index contributed by atoms with van der Waals surface area (Å²) < 4.78 is 36.1. The number of nitrogens with zero attached hydrogens (tertiary/aromatic N) is 9. The lowest BCUT2D eigenvalue weighted by molar-refractivity contribution is -0.243. The van der Waals surface area contributed by atoms with Gasteiger partial charge in [-0.2, -0.15) is 10.3 Å². The van der Waals surface area contributed by atoms with Crippen LogP contribution < -0.4 is 0 Å². The van der Waals surface area contributed by atoms with Crippen molar-refractivity contribution in [2.24, 2.45) is 4.99 Å². The molecule has 0 aromatic carbocycles. The third kappa shape index (κ3) is 16.8. The van der Waals surface area contributed by atoms with E-state index in [4.69, 9.17) is 33.1 Å². The molecule has 2 aromatic heterocycles. The van der Waals surface area contributed by atoms with Crippen molar-refractivity contribution in [3.63, 3.8) is 0 Å². The van der Waals surface area contributed by atoms with Gasteiger partial charge in [-0.3, -0.25) is 14.2 Å². The molecule has 0 radical (unpaired) electrons. The number of aliphatic imine (C=N–C) groups is 1. The van der Waals surface area contributed by atoms with Crippen molar-refractivity contribution in [3.05, 3.63) is 12.7 Å². The Hall–Kier alpha value is -2.87. The highest BCUT2D eigenvalue weighted by molar-refractivity contribution is 7.44. The van der Waals surface area contributed by atoms with Crippen LogP contribution in [0.1, 0.15) is 163 Å². The van der Waals surface area contributed by atoms with Gasteiger partial charge in [-0.25, -0.2) is 24.6 Å². The largest absolute Gasteiger partial charge is 0.469 e. The molecule has 2 aliphatic heterocycles. The van der Waals surface area contributed by atoms with Gasteiger partial charge >= 0.3 is 5.97 Å². The Balaban J connectivity index is 1.41. The number of rotatable bonds is 35. The van der Waals surface area contributed by atoms with E-state index in [9.17, 15) is 10.1 Å². The molecule has 5 atom stereocenters. The Bertz CT molecular complexity index is 1650. The number of hydrogen-bond acceptors (Lipinski definition) is 14. The van der Waals surface area contributed by atoms with Crippen molar-refractivity contribution >= 4 is 37.8 Å². The standard InChI is InChI=1S/C46H80N9O7P/c1-9-10-11-24-29-53(30-25-22-20-18-16-14-12-13-15-17-19-21-23-27-39(56)57-8)59-33-46-32-58-41(42(46)62-63(60-31-26-28-47)55(37(2)3)38(4)5)45(61-46)54-36-50-40-43(51-35-52(6)7)48-34-49-44(40)54/h34-38,41-42,45H,9-27,29-33H2,1-8H3/b51-35-/t41?,42?,45-,46-,63?/m1/s1. The molecular weight excluding hydrogens is 822 g/mol. The van der Waals surface area contributed by atoms with Crippen molar-refractivity contribution in [1.29, 1.82) is 5.26 Å². The second kappa shape index (κ2) is 28.9. The highest BCUT2D eigenvalue weighted by Gasteiger charge is 2.65. The van der Waals surface area contributed by atoms with Gasteiger partial charge in [-0.1, -0.05) is 96.8 Å². The third-order valence-corrected chi connectivity index (χ3v) is 13.7. The van der Waals surface area contributed by atoms with Crippen LogP contribution in [-0.2, 0) is 32.9 Å². The Morgan fingerprint density at radius 1 is 0.952 bits per heavy atom. The van der Waals surface area contributed by atoms with Gasteiger partial charge in [0.25, 0.3) is 8.53 Å². The van der Waals surface area contributed by atoms with Gasteiger partial charge in [0, 0.05) is 45.7 Å². The Labute approximate surface area is 379 Å². The van der Waals surface area contributed by atoms with Crippen LogP contribution in [0.3, 0.4) is 0 Å². The summed E-state index contributed by atoms with van der Waals surface area (Å²) in [6.45, 7) is 13.3. The molecule has 16 nitrogen and oxygen atoms in total. The van der Waals surface area contributed by atoms with Crippen LogP contribution in [0.25, 0.3) is 11.2 Å². The minimum Gasteiger partial charge on any atom is -0.469 e. The third-order valence-electron chi connectivity index (χ3n) is 11.6. The summed E-state index contributed by atoms with van der Waals surface area (Å²) in [6, 6.07) is 2.47. The van der Waals surface area contributed by atoms with Crippen molar-refractivity contribution in [2.75, 3.05) is 54.1 Å². The highest BCUT2D eigenvalue weighted by Crippen LogP contribution is 2.55. The molecule has 2 bridgehead atoms. The molecule has 17 heteroatoms. The Morgan fingerprint density at radius 2 is 1.57 bits per heavy atom. The Morgan fingerprint density at radius 3 is 2.16 bits per heavy atom. The molecule has 0 saturated carbocycles.